The van der Waals surface area contributed by atoms with Gasteiger partial charge in [-0.15, -0.1) is 0 Å². The Kier molecular flexibility index (Phi) is 5.17. The van der Waals surface area contributed by atoms with Crippen LogP contribution in [0, 0.1) is 0 Å². The maximum Gasteiger partial charge on any atom is 0.150 e. The quantitative estimate of drug-likeness (QED) is 0.825. The number of anilines is 1. The highest BCUT2D eigenvalue weighted by atomic mass is 19.1. The molecule has 21 heavy (non-hydrogen) atoms. The van der Waals surface area contributed by atoms with Crippen molar-refractivity contribution in [2.75, 3.05) is 26.5 Å². The Morgan fingerprint density at radius 2 is 1.86 bits per heavy atom. The van der Waals surface area contributed by atoms with Crippen molar-refractivity contribution in [3.63, 3.8) is 0 Å². The second-order valence-corrected chi connectivity index (χ2v) is 5.26. The van der Waals surface area contributed by atoms with E-state index in [2.05, 4.69) is 4.90 Å². The molecule has 4 heteroatoms. The number of hydrogen-bond donors (Lipinski definition) is 1. The Hall–Kier alpha value is -2.07. The lowest BCUT2D eigenvalue weighted by Gasteiger charge is -2.17. The minimum absolute atomic E-state index is 0.354. The standard InChI is InChI=1S/C17H21FN2O/c1-20(2)12-14-11-13(9-10-18)7-8-16(14)21-17-6-4-3-5-15(17)19/h3-8,11H,9-10,12,19H2,1-2H3. The van der Waals surface area contributed by atoms with Gasteiger partial charge in [-0.3, -0.25) is 4.39 Å². The maximum absolute atomic E-state index is 12.5. The van der Waals surface area contributed by atoms with Crippen molar-refractivity contribution < 1.29 is 9.13 Å². The fourth-order valence-corrected chi connectivity index (χ4v) is 2.15. The number of nitrogens with zero attached hydrogens (tertiary/aromatic N) is 1. The Labute approximate surface area is 125 Å². The molecule has 2 rings (SSSR count). The summed E-state index contributed by atoms with van der Waals surface area (Å²) in [6, 6.07) is 13.2. The first-order chi connectivity index (χ1) is 10.1. The van der Waals surface area contributed by atoms with Gasteiger partial charge in [0.25, 0.3) is 0 Å². The molecule has 0 saturated carbocycles. The molecule has 2 N–H and O–H groups in total. The molecular formula is C17H21FN2O. The van der Waals surface area contributed by atoms with E-state index < -0.39 is 0 Å². The van der Waals surface area contributed by atoms with Crippen LogP contribution in [-0.2, 0) is 13.0 Å². The van der Waals surface area contributed by atoms with Crippen molar-refractivity contribution in [2.45, 2.75) is 13.0 Å². The van der Waals surface area contributed by atoms with E-state index in [0.717, 1.165) is 23.4 Å². The van der Waals surface area contributed by atoms with Crippen molar-refractivity contribution >= 4 is 5.69 Å². The van der Waals surface area contributed by atoms with Crippen LogP contribution in [0.2, 0.25) is 0 Å². The van der Waals surface area contributed by atoms with Gasteiger partial charge >= 0.3 is 0 Å². The topological polar surface area (TPSA) is 38.5 Å². The summed E-state index contributed by atoms with van der Waals surface area (Å²) in [5.41, 5.74) is 8.51. The molecule has 2 aromatic rings. The molecule has 3 nitrogen and oxygen atoms in total. The number of aryl methyl sites for hydroxylation is 1. The van der Waals surface area contributed by atoms with Gasteiger partial charge in [-0.1, -0.05) is 24.3 Å². The Bertz CT molecular complexity index is 599. The fraction of sp³-hybridized carbons (Fsp3) is 0.294. The fourth-order valence-electron chi connectivity index (χ4n) is 2.15. The summed E-state index contributed by atoms with van der Waals surface area (Å²) in [6.45, 7) is 0.370. The van der Waals surface area contributed by atoms with E-state index in [1.807, 2.05) is 50.5 Å². The van der Waals surface area contributed by atoms with Crippen LogP contribution in [0.4, 0.5) is 10.1 Å². The second-order valence-electron chi connectivity index (χ2n) is 5.26. The van der Waals surface area contributed by atoms with Gasteiger partial charge in [0, 0.05) is 18.5 Å². The van der Waals surface area contributed by atoms with Crippen LogP contribution in [0.25, 0.3) is 0 Å². The van der Waals surface area contributed by atoms with Crippen molar-refractivity contribution in [1.82, 2.24) is 4.90 Å². The van der Waals surface area contributed by atoms with Crippen LogP contribution in [0.1, 0.15) is 11.1 Å². The van der Waals surface area contributed by atoms with E-state index in [4.69, 9.17) is 10.5 Å². The molecule has 0 fully saturated rings. The van der Waals surface area contributed by atoms with Gasteiger partial charge in [0.15, 0.2) is 0 Å². The normalized spacial score (nSPS) is 10.9. The van der Waals surface area contributed by atoms with E-state index in [1.165, 1.54) is 0 Å². The summed E-state index contributed by atoms with van der Waals surface area (Å²) in [4.78, 5) is 2.05. The summed E-state index contributed by atoms with van der Waals surface area (Å²) < 4.78 is 18.4. The van der Waals surface area contributed by atoms with Crippen molar-refractivity contribution in [1.29, 1.82) is 0 Å². The van der Waals surface area contributed by atoms with Crippen LogP contribution in [0.5, 0.6) is 11.5 Å². The highest BCUT2D eigenvalue weighted by Crippen LogP contribution is 2.30. The number of benzene rings is 2. The molecule has 0 atom stereocenters. The molecule has 0 aliphatic rings. The number of ether oxygens (including phenoxy) is 1. The third kappa shape index (κ3) is 4.20. The molecule has 0 heterocycles. The molecule has 0 aliphatic carbocycles. The zero-order valence-electron chi connectivity index (χ0n) is 12.5. The Balaban J connectivity index is 2.31. The van der Waals surface area contributed by atoms with Gasteiger partial charge in [0.2, 0.25) is 0 Å². The molecular weight excluding hydrogens is 267 g/mol. The predicted octanol–water partition coefficient (Wildman–Crippen LogP) is 3.63. The maximum atomic E-state index is 12.5. The highest BCUT2D eigenvalue weighted by molar-refractivity contribution is 5.54. The first-order valence-corrected chi connectivity index (χ1v) is 6.95. The number of alkyl halides is 1. The van der Waals surface area contributed by atoms with Crippen LogP contribution >= 0.6 is 0 Å². The van der Waals surface area contributed by atoms with Crippen LogP contribution in [0.3, 0.4) is 0 Å². The van der Waals surface area contributed by atoms with E-state index in [0.29, 0.717) is 17.9 Å². The van der Waals surface area contributed by atoms with Crippen molar-refractivity contribution in [2.24, 2.45) is 0 Å². The van der Waals surface area contributed by atoms with Crippen LogP contribution < -0.4 is 10.5 Å². The molecule has 0 bridgehead atoms. The average Bonchev–Trinajstić information content (AvgIpc) is 2.43. The molecule has 0 aromatic heterocycles. The first kappa shape index (κ1) is 15.3. The molecule has 0 aliphatic heterocycles. The SMILES string of the molecule is CN(C)Cc1cc(CCF)ccc1Oc1ccccc1N. The third-order valence-corrected chi connectivity index (χ3v) is 3.13. The molecule has 2 aromatic carbocycles. The van der Waals surface area contributed by atoms with Gasteiger partial charge in [-0.25, -0.2) is 0 Å². The molecule has 0 saturated heterocycles. The minimum atomic E-state index is -0.354. The van der Waals surface area contributed by atoms with E-state index >= 15 is 0 Å². The summed E-state index contributed by atoms with van der Waals surface area (Å²) in [5, 5.41) is 0. The van der Waals surface area contributed by atoms with Gasteiger partial charge in [-0.2, -0.15) is 0 Å². The monoisotopic (exact) mass is 288 g/mol. The number of nitrogens with two attached hydrogens (primary N) is 1. The Morgan fingerprint density at radius 1 is 1.10 bits per heavy atom. The lowest BCUT2D eigenvalue weighted by atomic mass is 10.1. The van der Waals surface area contributed by atoms with Gasteiger partial charge in [0.1, 0.15) is 11.5 Å². The second kappa shape index (κ2) is 7.09. The highest BCUT2D eigenvalue weighted by Gasteiger charge is 2.09. The average molecular weight is 288 g/mol. The number of para-hydroxylation sites is 2. The van der Waals surface area contributed by atoms with Crippen molar-refractivity contribution in [3.8, 4) is 11.5 Å². The van der Waals surface area contributed by atoms with Gasteiger partial charge in [-0.05, 0) is 37.9 Å². The molecule has 0 spiro atoms. The van der Waals surface area contributed by atoms with E-state index in [9.17, 15) is 4.39 Å². The number of nitrogen functional groups attached to an aromatic ring is 1. The van der Waals surface area contributed by atoms with Crippen molar-refractivity contribution in [3.05, 3.63) is 53.6 Å². The minimum Gasteiger partial charge on any atom is -0.455 e. The lowest BCUT2D eigenvalue weighted by molar-refractivity contribution is 0.388. The van der Waals surface area contributed by atoms with Gasteiger partial charge < -0.3 is 15.4 Å². The van der Waals surface area contributed by atoms with Gasteiger partial charge in [0.05, 0.1) is 12.4 Å². The number of hydrogen-bond acceptors (Lipinski definition) is 3. The zero-order chi connectivity index (χ0) is 15.2. The summed E-state index contributed by atoms with van der Waals surface area (Å²) in [5.74, 6) is 1.39. The van der Waals surface area contributed by atoms with E-state index in [1.54, 1.807) is 6.07 Å². The summed E-state index contributed by atoms with van der Waals surface area (Å²) in [7, 11) is 3.98. The summed E-state index contributed by atoms with van der Waals surface area (Å²) >= 11 is 0. The molecule has 0 unspecified atom stereocenters. The first-order valence-electron chi connectivity index (χ1n) is 6.95. The van der Waals surface area contributed by atoms with Crippen LogP contribution in [0.15, 0.2) is 42.5 Å². The van der Waals surface area contributed by atoms with E-state index in [-0.39, 0.29) is 6.67 Å². The Morgan fingerprint density at radius 3 is 2.52 bits per heavy atom. The lowest BCUT2D eigenvalue weighted by Crippen LogP contribution is -2.12. The molecule has 0 amide bonds. The number of halogens is 1. The smallest absolute Gasteiger partial charge is 0.150 e. The zero-order valence-corrected chi connectivity index (χ0v) is 12.5. The third-order valence-electron chi connectivity index (χ3n) is 3.13. The largest absolute Gasteiger partial charge is 0.455 e. The molecule has 0 radical (unpaired) electrons. The predicted molar refractivity (Wildman–Crippen MR) is 84.4 cm³/mol. The molecule has 112 valence electrons. The van der Waals surface area contributed by atoms with Crippen LogP contribution in [-0.4, -0.2) is 25.7 Å². The number of rotatable bonds is 6. The summed E-state index contributed by atoms with van der Waals surface area (Å²) in [6.07, 6.45) is 0.425.